The summed E-state index contributed by atoms with van der Waals surface area (Å²) in [5, 5.41) is 3.27. The van der Waals surface area contributed by atoms with Gasteiger partial charge in [0.15, 0.2) is 0 Å². The highest BCUT2D eigenvalue weighted by atomic mass is 32.2. The first-order chi connectivity index (χ1) is 3.38. The van der Waals surface area contributed by atoms with Crippen LogP contribution >= 0.6 is 11.8 Å². The summed E-state index contributed by atoms with van der Waals surface area (Å²) >= 11 is 1.83. The second-order valence-corrected chi connectivity index (χ2v) is 3.04. The fraction of sp³-hybridized carbons (Fsp3) is 0.750. The Balaban J connectivity index is 2.11. The molecule has 3 heteroatoms. The van der Waals surface area contributed by atoms with Crippen molar-refractivity contribution < 1.29 is 4.79 Å². The third-order valence-electron chi connectivity index (χ3n) is 1.44. The number of carbonyl (C=O) groups excluding carboxylic acids is 1. The van der Waals surface area contributed by atoms with Crippen molar-refractivity contribution in [3.05, 3.63) is 0 Å². The number of β-lactam (4-membered cyclic amide) rings is 1. The van der Waals surface area contributed by atoms with Gasteiger partial charge in [0.1, 0.15) is 0 Å². The molecule has 38 valence electrons. The maximum Gasteiger partial charge on any atom is 0.227 e. The minimum Gasteiger partial charge on any atom is -0.343 e. The molecule has 1 amide bonds. The lowest BCUT2D eigenvalue weighted by Gasteiger charge is -2.44. The maximum atomic E-state index is 10.4. The standard InChI is InChI=1S/C4H5NOS/c6-3-2-1-7-4(2)5-3/h2,4H,1H2,(H,5,6). The van der Waals surface area contributed by atoms with Crippen LogP contribution in [0.1, 0.15) is 0 Å². The summed E-state index contributed by atoms with van der Waals surface area (Å²) in [5.74, 6) is 1.70. The van der Waals surface area contributed by atoms with Crippen molar-refractivity contribution in [1.82, 2.24) is 5.32 Å². The average molecular weight is 115 g/mol. The topological polar surface area (TPSA) is 29.1 Å². The Morgan fingerprint density at radius 3 is 2.71 bits per heavy atom. The molecular weight excluding hydrogens is 110 g/mol. The van der Waals surface area contributed by atoms with E-state index in [2.05, 4.69) is 5.32 Å². The van der Waals surface area contributed by atoms with Gasteiger partial charge in [0.2, 0.25) is 5.91 Å². The number of rotatable bonds is 0. The average Bonchev–Trinajstić information content (AvgIpc) is 1.59. The molecule has 0 bridgehead atoms. The van der Waals surface area contributed by atoms with Gasteiger partial charge < -0.3 is 5.32 Å². The SMILES string of the molecule is O=C1NC2SCC12. The fourth-order valence-electron chi connectivity index (χ4n) is 0.795. The first-order valence-corrected chi connectivity index (χ1v) is 3.35. The lowest BCUT2D eigenvalue weighted by atomic mass is 10.0. The van der Waals surface area contributed by atoms with Gasteiger partial charge in [-0.15, -0.1) is 11.8 Å². The van der Waals surface area contributed by atoms with Crippen molar-refractivity contribution in [3.63, 3.8) is 0 Å². The van der Waals surface area contributed by atoms with Crippen molar-refractivity contribution in [2.24, 2.45) is 5.92 Å². The molecule has 0 aliphatic carbocycles. The van der Waals surface area contributed by atoms with E-state index in [-0.39, 0.29) is 5.91 Å². The minimum absolute atomic E-state index is 0.253. The predicted octanol–water partition coefficient (Wildman–Crippen LogP) is -0.195. The highest BCUT2D eigenvalue weighted by Gasteiger charge is 2.46. The molecule has 7 heavy (non-hydrogen) atoms. The molecule has 2 rings (SSSR count). The summed E-state index contributed by atoms with van der Waals surface area (Å²) in [4.78, 5) is 10.4. The van der Waals surface area contributed by atoms with E-state index in [0.29, 0.717) is 11.3 Å². The Kier molecular flexibility index (Phi) is 0.522. The molecule has 0 spiro atoms. The monoisotopic (exact) mass is 115 g/mol. The number of amides is 1. The van der Waals surface area contributed by atoms with Crippen LogP contribution in [0.15, 0.2) is 0 Å². The second-order valence-electron chi connectivity index (χ2n) is 1.87. The van der Waals surface area contributed by atoms with Crippen molar-refractivity contribution in [3.8, 4) is 0 Å². The summed E-state index contributed by atoms with van der Waals surface area (Å²) in [7, 11) is 0. The van der Waals surface area contributed by atoms with Crippen LogP contribution in [-0.4, -0.2) is 17.0 Å². The van der Waals surface area contributed by atoms with Crippen molar-refractivity contribution in [1.29, 1.82) is 0 Å². The number of nitrogens with one attached hydrogen (secondary N) is 1. The van der Waals surface area contributed by atoms with E-state index < -0.39 is 0 Å². The molecule has 2 aliphatic heterocycles. The molecule has 2 heterocycles. The summed E-state index contributed by atoms with van der Waals surface area (Å²) in [6, 6.07) is 0. The molecule has 2 saturated heterocycles. The molecule has 0 aromatic carbocycles. The third kappa shape index (κ3) is 0.300. The summed E-state index contributed by atoms with van der Waals surface area (Å²) < 4.78 is 0. The van der Waals surface area contributed by atoms with Gasteiger partial charge >= 0.3 is 0 Å². The lowest BCUT2D eigenvalue weighted by molar-refractivity contribution is -0.132. The predicted molar refractivity (Wildman–Crippen MR) is 27.9 cm³/mol. The quantitative estimate of drug-likeness (QED) is 0.443. The molecule has 0 aromatic rings. The molecule has 2 fully saturated rings. The van der Waals surface area contributed by atoms with Crippen molar-refractivity contribution >= 4 is 17.7 Å². The fourth-order valence-corrected chi connectivity index (χ4v) is 1.85. The Bertz CT molecular complexity index is 125. The van der Waals surface area contributed by atoms with Crippen LogP contribution in [0.4, 0.5) is 0 Å². The number of thioether (sulfide) groups is 1. The Labute approximate surface area is 45.7 Å². The second kappa shape index (κ2) is 0.968. The van der Waals surface area contributed by atoms with Crippen LogP contribution in [0, 0.1) is 5.92 Å². The molecule has 0 aromatic heterocycles. The Morgan fingerprint density at radius 1 is 1.86 bits per heavy atom. The maximum absolute atomic E-state index is 10.4. The van der Waals surface area contributed by atoms with Crippen molar-refractivity contribution in [2.45, 2.75) is 5.37 Å². The van der Waals surface area contributed by atoms with E-state index in [1.54, 1.807) is 0 Å². The van der Waals surface area contributed by atoms with E-state index in [1.165, 1.54) is 0 Å². The van der Waals surface area contributed by atoms with Crippen LogP contribution in [-0.2, 0) is 4.79 Å². The Hall–Kier alpha value is -0.180. The molecule has 2 aliphatic rings. The molecular formula is C4H5NOS. The van der Waals surface area contributed by atoms with Crippen LogP contribution in [0.25, 0.3) is 0 Å². The largest absolute Gasteiger partial charge is 0.343 e. The first-order valence-electron chi connectivity index (χ1n) is 2.30. The van der Waals surface area contributed by atoms with Gasteiger partial charge in [-0.25, -0.2) is 0 Å². The van der Waals surface area contributed by atoms with E-state index in [4.69, 9.17) is 0 Å². The van der Waals surface area contributed by atoms with Crippen LogP contribution in [0.3, 0.4) is 0 Å². The minimum atomic E-state index is 0.253. The summed E-state index contributed by atoms with van der Waals surface area (Å²) in [6.45, 7) is 0. The van der Waals surface area contributed by atoms with Crippen LogP contribution in [0.2, 0.25) is 0 Å². The number of fused-ring (bicyclic) bond motifs is 1. The van der Waals surface area contributed by atoms with E-state index >= 15 is 0 Å². The van der Waals surface area contributed by atoms with Gasteiger partial charge in [-0.1, -0.05) is 0 Å². The summed E-state index contributed by atoms with van der Waals surface area (Å²) in [5.41, 5.74) is 0. The van der Waals surface area contributed by atoms with E-state index in [0.717, 1.165) is 5.75 Å². The van der Waals surface area contributed by atoms with Gasteiger partial charge in [-0.2, -0.15) is 0 Å². The molecule has 2 nitrogen and oxygen atoms in total. The zero-order valence-corrected chi connectivity index (χ0v) is 4.49. The molecule has 1 N–H and O–H groups in total. The number of hydrogen-bond acceptors (Lipinski definition) is 2. The lowest BCUT2D eigenvalue weighted by Crippen LogP contribution is -2.63. The number of carbonyl (C=O) groups is 1. The normalized spacial score (nSPS) is 45.4. The molecule has 2 unspecified atom stereocenters. The molecule has 0 radical (unpaired) electrons. The summed E-state index contributed by atoms with van der Waals surface area (Å²) in [6.07, 6.45) is 0. The van der Waals surface area contributed by atoms with Gasteiger partial charge in [-0.3, -0.25) is 4.79 Å². The van der Waals surface area contributed by atoms with Crippen LogP contribution in [0.5, 0.6) is 0 Å². The number of hydrogen-bond donors (Lipinski definition) is 1. The van der Waals surface area contributed by atoms with Gasteiger partial charge in [0.05, 0.1) is 11.3 Å². The van der Waals surface area contributed by atoms with E-state index in [9.17, 15) is 4.79 Å². The van der Waals surface area contributed by atoms with Gasteiger partial charge in [0, 0.05) is 5.75 Å². The van der Waals surface area contributed by atoms with Crippen molar-refractivity contribution in [2.75, 3.05) is 5.75 Å². The smallest absolute Gasteiger partial charge is 0.227 e. The Morgan fingerprint density at radius 2 is 2.71 bits per heavy atom. The molecule has 2 atom stereocenters. The third-order valence-corrected chi connectivity index (χ3v) is 2.80. The van der Waals surface area contributed by atoms with Crippen LogP contribution < -0.4 is 5.32 Å². The van der Waals surface area contributed by atoms with E-state index in [1.807, 2.05) is 11.8 Å². The highest BCUT2D eigenvalue weighted by Crippen LogP contribution is 2.38. The molecule has 0 saturated carbocycles. The zero-order chi connectivity index (χ0) is 4.85. The van der Waals surface area contributed by atoms with Gasteiger partial charge in [-0.05, 0) is 0 Å². The zero-order valence-electron chi connectivity index (χ0n) is 3.68. The highest BCUT2D eigenvalue weighted by molar-refractivity contribution is 8.01. The first kappa shape index (κ1) is 3.78. The van der Waals surface area contributed by atoms with Gasteiger partial charge in [0.25, 0.3) is 0 Å².